The number of halogens is 2. The zero-order valence-corrected chi connectivity index (χ0v) is 12.8. The van der Waals surface area contributed by atoms with Crippen molar-refractivity contribution in [3.63, 3.8) is 0 Å². The smallest absolute Gasteiger partial charge is 0.184 e. The van der Waals surface area contributed by atoms with Crippen LogP contribution in [-0.4, -0.2) is 14.2 Å². The number of benzene rings is 2. The summed E-state index contributed by atoms with van der Waals surface area (Å²) in [7, 11) is -3.58. The summed E-state index contributed by atoms with van der Waals surface area (Å²) in [5.74, 6) is -0.197. The number of hydrogen-bond donors (Lipinski definition) is 0. The van der Waals surface area contributed by atoms with E-state index in [0.717, 1.165) is 5.56 Å². The lowest BCUT2D eigenvalue weighted by atomic mass is 10.1. The third kappa shape index (κ3) is 3.42. The van der Waals surface area contributed by atoms with E-state index in [1.165, 1.54) is 12.1 Å². The molecule has 0 radical (unpaired) electrons. The van der Waals surface area contributed by atoms with Crippen molar-refractivity contribution in [3.8, 4) is 0 Å². The molecule has 104 valence electrons. The maximum absolute atomic E-state index is 12.4. The largest absolute Gasteiger partial charge is 0.223 e. The molecular weight excluding hydrogens is 315 g/mol. The fraction of sp³-hybridized carbons (Fsp3) is 0.0667. The highest BCUT2D eigenvalue weighted by atomic mass is 35.5. The van der Waals surface area contributed by atoms with Gasteiger partial charge in [-0.25, -0.2) is 8.42 Å². The lowest BCUT2D eigenvalue weighted by Crippen LogP contribution is -2.09. The van der Waals surface area contributed by atoms with Crippen molar-refractivity contribution in [1.29, 1.82) is 0 Å². The zero-order chi connectivity index (χ0) is 14.8. The molecule has 0 saturated carbocycles. The van der Waals surface area contributed by atoms with E-state index in [4.69, 9.17) is 23.2 Å². The first-order valence-corrected chi connectivity index (χ1v) is 8.22. The molecule has 2 aromatic carbocycles. The highest BCUT2D eigenvalue weighted by molar-refractivity contribution is 7.92. The average molecular weight is 327 g/mol. The molecule has 0 heterocycles. The predicted octanol–water partition coefficient (Wildman–Crippen LogP) is 4.48. The van der Waals surface area contributed by atoms with Crippen molar-refractivity contribution in [2.45, 2.75) is 4.90 Å². The van der Waals surface area contributed by atoms with Crippen molar-refractivity contribution in [2.24, 2.45) is 0 Å². The summed E-state index contributed by atoms with van der Waals surface area (Å²) >= 11 is 11.8. The first-order chi connectivity index (χ1) is 9.40. The predicted molar refractivity (Wildman–Crippen MR) is 84.0 cm³/mol. The van der Waals surface area contributed by atoms with Gasteiger partial charge in [0.05, 0.1) is 15.7 Å². The summed E-state index contributed by atoms with van der Waals surface area (Å²) < 4.78 is 24.8. The first-order valence-electron chi connectivity index (χ1n) is 5.81. The molecule has 0 unspecified atom stereocenters. The average Bonchev–Trinajstić information content (AvgIpc) is 2.42. The van der Waals surface area contributed by atoms with Crippen LogP contribution < -0.4 is 0 Å². The quantitative estimate of drug-likeness (QED) is 0.830. The van der Waals surface area contributed by atoms with E-state index in [9.17, 15) is 8.42 Å². The topological polar surface area (TPSA) is 34.1 Å². The maximum atomic E-state index is 12.4. The molecule has 2 nitrogen and oxygen atoms in total. The normalized spacial score (nSPS) is 11.3. The summed E-state index contributed by atoms with van der Waals surface area (Å²) in [5.41, 5.74) is 1.30. The third-order valence-corrected chi connectivity index (χ3v) is 5.19. The Labute approximate surface area is 128 Å². The molecule has 0 aliphatic rings. The van der Waals surface area contributed by atoms with E-state index in [1.54, 1.807) is 6.07 Å². The maximum Gasteiger partial charge on any atom is 0.184 e. The van der Waals surface area contributed by atoms with Gasteiger partial charge in [-0.1, -0.05) is 60.1 Å². The van der Waals surface area contributed by atoms with Gasteiger partial charge in [-0.05, 0) is 29.3 Å². The Kier molecular flexibility index (Phi) is 4.53. The summed E-state index contributed by atoms with van der Waals surface area (Å²) in [6.45, 7) is 3.83. The van der Waals surface area contributed by atoms with Crippen LogP contribution in [0.4, 0.5) is 0 Å². The van der Waals surface area contributed by atoms with Gasteiger partial charge < -0.3 is 0 Å². The van der Waals surface area contributed by atoms with Crippen LogP contribution in [0.2, 0.25) is 10.0 Å². The van der Waals surface area contributed by atoms with E-state index in [2.05, 4.69) is 6.58 Å². The molecule has 0 aliphatic heterocycles. The van der Waals surface area contributed by atoms with Crippen LogP contribution in [0.15, 0.2) is 60.0 Å². The Morgan fingerprint density at radius 2 is 1.70 bits per heavy atom. The second kappa shape index (κ2) is 6.00. The Balaban J connectivity index is 2.33. The van der Waals surface area contributed by atoms with Crippen molar-refractivity contribution in [1.82, 2.24) is 0 Å². The molecule has 0 aromatic heterocycles. The summed E-state index contributed by atoms with van der Waals surface area (Å²) in [4.78, 5) is 0.0312. The number of hydrogen-bond acceptors (Lipinski definition) is 2. The second-order valence-corrected chi connectivity index (χ2v) is 7.11. The zero-order valence-electron chi connectivity index (χ0n) is 10.5. The van der Waals surface area contributed by atoms with Gasteiger partial charge >= 0.3 is 0 Å². The molecule has 5 heteroatoms. The Morgan fingerprint density at radius 3 is 2.35 bits per heavy atom. The van der Waals surface area contributed by atoms with Gasteiger partial charge in [-0.3, -0.25) is 0 Å². The van der Waals surface area contributed by atoms with Gasteiger partial charge in [0, 0.05) is 5.02 Å². The van der Waals surface area contributed by atoms with Crippen LogP contribution in [-0.2, 0) is 9.84 Å². The van der Waals surface area contributed by atoms with Crippen LogP contribution in [0.5, 0.6) is 0 Å². The second-order valence-electron chi connectivity index (χ2n) is 4.30. The molecule has 0 bridgehead atoms. The van der Waals surface area contributed by atoms with E-state index < -0.39 is 9.84 Å². The minimum absolute atomic E-state index is 0.0312. The minimum Gasteiger partial charge on any atom is -0.223 e. The van der Waals surface area contributed by atoms with E-state index in [1.807, 2.05) is 30.3 Å². The molecule has 0 N–H and O–H groups in total. The summed E-state index contributed by atoms with van der Waals surface area (Å²) in [5, 5.41) is 0.494. The van der Waals surface area contributed by atoms with Gasteiger partial charge in [0.2, 0.25) is 0 Å². The molecule has 2 rings (SSSR count). The lowest BCUT2D eigenvalue weighted by molar-refractivity contribution is 0.599. The minimum atomic E-state index is -3.58. The Bertz CT molecular complexity index is 738. The molecule has 0 amide bonds. The molecule has 0 atom stereocenters. The number of sulfone groups is 1. The van der Waals surface area contributed by atoms with Crippen LogP contribution in [0.3, 0.4) is 0 Å². The van der Waals surface area contributed by atoms with Crippen molar-refractivity contribution in [3.05, 3.63) is 70.7 Å². The van der Waals surface area contributed by atoms with Crippen LogP contribution >= 0.6 is 23.2 Å². The van der Waals surface area contributed by atoms with Gasteiger partial charge in [0.25, 0.3) is 0 Å². The van der Waals surface area contributed by atoms with Crippen molar-refractivity contribution in [2.75, 3.05) is 5.75 Å². The van der Waals surface area contributed by atoms with Crippen LogP contribution in [0, 0.1) is 0 Å². The standard InChI is InChI=1S/C15H12Cl2O2S/c1-11(12-5-3-2-4-6-12)10-20(18,19)15-9-13(16)7-8-14(15)17/h2-9H,1,10H2. The fourth-order valence-electron chi connectivity index (χ4n) is 1.78. The van der Waals surface area contributed by atoms with Crippen molar-refractivity contribution >= 4 is 38.6 Å². The highest BCUT2D eigenvalue weighted by Gasteiger charge is 2.20. The van der Waals surface area contributed by atoms with Crippen LogP contribution in [0.25, 0.3) is 5.57 Å². The van der Waals surface area contributed by atoms with Gasteiger partial charge in [0.15, 0.2) is 9.84 Å². The molecule has 0 saturated heterocycles. The van der Waals surface area contributed by atoms with Gasteiger partial charge in [-0.2, -0.15) is 0 Å². The number of rotatable bonds is 4. The lowest BCUT2D eigenvalue weighted by Gasteiger charge is -2.09. The molecule has 0 aliphatic carbocycles. The first kappa shape index (κ1) is 15.1. The molecular formula is C15H12Cl2O2S. The Hall–Kier alpha value is -1.29. The fourth-order valence-corrected chi connectivity index (χ4v) is 3.94. The third-order valence-electron chi connectivity index (χ3n) is 2.77. The molecule has 0 spiro atoms. The molecule has 20 heavy (non-hydrogen) atoms. The van der Waals surface area contributed by atoms with E-state index in [0.29, 0.717) is 10.6 Å². The summed E-state index contributed by atoms with van der Waals surface area (Å²) in [6.07, 6.45) is 0. The highest BCUT2D eigenvalue weighted by Crippen LogP contribution is 2.28. The molecule has 2 aromatic rings. The van der Waals surface area contributed by atoms with Crippen LogP contribution in [0.1, 0.15) is 5.56 Å². The van der Waals surface area contributed by atoms with E-state index in [-0.39, 0.29) is 15.7 Å². The van der Waals surface area contributed by atoms with Gasteiger partial charge in [0.1, 0.15) is 0 Å². The monoisotopic (exact) mass is 326 g/mol. The van der Waals surface area contributed by atoms with Crippen molar-refractivity contribution < 1.29 is 8.42 Å². The van der Waals surface area contributed by atoms with E-state index >= 15 is 0 Å². The molecule has 0 fully saturated rings. The summed E-state index contributed by atoms with van der Waals surface area (Å²) in [6, 6.07) is 13.5. The van der Waals surface area contributed by atoms with Gasteiger partial charge in [-0.15, -0.1) is 0 Å². The Morgan fingerprint density at radius 1 is 1.05 bits per heavy atom. The SMILES string of the molecule is C=C(CS(=O)(=O)c1cc(Cl)ccc1Cl)c1ccccc1.